The Hall–Kier alpha value is -3.35. The Morgan fingerprint density at radius 1 is 1.11 bits per heavy atom. The minimum Gasteiger partial charge on any atom is -0.493 e. The van der Waals surface area contributed by atoms with E-state index in [1.165, 1.54) is 0 Å². The van der Waals surface area contributed by atoms with Gasteiger partial charge >= 0.3 is 0 Å². The Bertz CT molecular complexity index is 952. The molecule has 0 saturated heterocycles. The van der Waals surface area contributed by atoms with Crippen molar-refractivity contribution in [2.24, 2.45) is 0 Å². The molecule has 1 heterocycles. The summed E-state index contributed by atoms with van der Waals surface area (Å²) in [5.41, 5.74) is 2.24. The minimum absolute atomic E-state index is 0.188. The fourth-order valence-electron chi connectivity index (χ4n) is 2.67. The van der Waals surface area contributed by atoms with Crippen molar-refractivity contribution in [2.75, 3.05) is 14.2 Å². The van der Waals surface area contributed by atoms with Gasteiger partial charge in [0.2, 0.25) is 11.7 Å². The SMILES string of the molecule is COc1ccc(-c2noc(C(C)NC(=O)c3ccccc3C)n2)cc1OC. The zero-order valence-corrected chi connectivity index (χ0v) is 15.6. The van der Waals surface area contributed by atoms with Gasteiger partial charge < -0.3 is 19.3 Å². The molecule has 140 valence electrons. The maximum atomic E-state index is 12.4. The van der Waals surface area contributed by atoms with Crippen LogP contribution in [0.3, 0.4) is 0 Å². The predicted molar refractivity (Wildman–Crippen MR) is 99.9 cm³/mol. The van der Waals surface area contributed by atoms with Gasteiger partial charge in [0, 0.05) is 11.1 Å². The molecule has 0 aliphatic rings. The summed E-state index contributed by atoms with van der Waals surface area (Å²) in [6, 6.07) is 12.3. The summed E-state index contributed by atoms with van der Waals surface area (Å²) in [6.45, 7) is 3.68. The van der Waals surface area contributed by atoms with Crippen LogP contribution in [-0.2, 0) is 0 Å². The van der Waals surface area contributed by atoms with E-state index in [1.54, 1.807) is 39.3 Å². The molecule has 3 aromatic rings. The highest BCUT2D eigenvalue weighted by Crippen LogP contribution is 2.31. The van der Waals surface area contributed by atoms with Gasteiger partial charge in [0.25, 0.3) is 5.91 Å². The Kier molecular flexibility index (Phi) is 5.40. The number of aryl methyl sites for hydroxylation is 1. The highest BCUT2D eigenvalue weighted by atomic mass is 16.5. The molecule has 7 heteroatoms. The quantitative estimate of drug-likeness (QED) is 0.717. The second kappa shape index (κ2) is 7.90. The van der Waals surface area contributed by atoms with Crippen LogP contribution in [0, 0.1) is 6.92 Å². The first-order valence-corrected chi connectivity index (χ1v) is 8.46. The number of carbonyl (C=O) groups is 1. The number of hydrogen-bond donors (Lipinski definition) is 1. The second-order valence-electron chi connectivity index (χ2n) is 6.04. The van der Waals surface area contributed by atoms with Crippen molar-refractivity contribution in [3.63, 3.8) is 0 Å². The molecule has 1 atom stereocenters. The third-order valence-corrected chi connectivity index (χ3v) is 4.19. The van der Waals surface area contributed by atoms with Crippen LogP contribution in [-0.4, -0.2) is 30.3 Å². The number of amides is 1. The zero-order chi connectivity index (χ0) is 19.4. The zero-order valence-electron chi connectivity index (χ0n) is 15.6. The summed E-state index contributed by atoms with van der Waals surface area (Å²) >= 11 is 0. The topological polar surface area (TPSA) is 86.5 Å². The third-order valence-electron chi connectivity index (χ3n) is 4.19. The van der Waals surface area contributed by atoms with Crippen molar-refractivity contribution in [3.05, 3.63) is 59.5 Å². The molecule has 0 spiro atoms. The summed E-state index contributed by atoms with van der Waals surface area (Å²) < 4.78 is 15.9. The van der Waals surface area contributed by atoms with Crippen molar-refractivity contribution < 1.29 is 18.8 Å². The van der Waals surface area contributed by atoms with E-state index in [4.69, 9.17) is 14.0 Å². The van der Waals surface area contributed by atoms with E-state index in [0.29, 0.717) is 28.8 Å². The number of carbonyl (C=O) groups excluding carboxylic acids is 1. The Labute approximate surface area is 157 Å². The van der Waals surface area contributed by atoms with Crippen LogP contribution in [0.2, 0.25) is 0 Å². The molecule has 3 rings (SSSR count). The normalized spacial score (nSPS) is 11.7. The summed E-state index contributed by atoms with van der Waals surface area (Å²) in [4.78, 5) is 16.8. The first kappa shape index (κ1) is 18.4. The van der Waals surface area contributed by atoms with Gasteiger partial charge in [-0.2, -0.15) is 4.98 Å². The molecule has 27 heavy (non-hydrogen) atoms. The average molecular weight is 367 g/mol. The van der Waals surface area contributed by atoms with Gasteiger partial charge in [-0.1, -0.05) is 23.4 Å². The molecule has 1 N–H and O–H groups in total. The van der Waals surface area contributed by atoms with Gasteiger partial charge in [0.1, 0.15) is 6.04 Å². The second-order valence-corrected chi connectivity index (χ2v) is 6.04. The van der Waals surface area contributed by atoms with Crippen LogP contribution in [0.25, 0.3) is 11.4 Å². The lowest BCUT2D eigenvalue weighted by molar-refractivity contribution is 0.0932. The highest BCUT2D eigenvalue weighted by Gasteiger charge is 2.19. The smallest absolute Gasteiger partial charge is 0.252 e. The number of hydrogen-bond acceptors (Lipinski definition) is 6. The molecule has 0 saturated carbocycles. The van der Waals surface area contributed by atoms with Crippen molar-refractivity contribution in [2.45, 2.75) is 19.9 Å². The lowest BCUT2D eigenvalue weighted by atomic mass is 10.1. The highest BCUT2D eigenvalue weighted by molar-refractivity contribution is 5.95. The van der Waals surface area contributed by atoms with Crippen molar-refractivity contribution in [1.82, 2.24) is 15.5 Å². The van der Waals surface area contributed by atoms with Crippen LogP contribution in [0.15, 0.2) is 47.0 Å². The molecule has 0 radical (unpaired) electrons. The maximum Gasteiger partial charge on any atom is 0.252 e. The number of aromatic nitrogens is 2. The molecule has 0 aliphatic heterocycles. The first-order valence-electron chi connectivity index (χ1n) is 8.46. The van der Waals surface area contributed by atoms with E-state index in [2.05, 4.69) is 15.5 Å². The number of rotatable bonds is 6. The predicted octanol–water partition coefficient (Wildman–Crippen LogP) is 3.55. The van der Waals surface area contributed by atoms with E-state index in [0.717, 1.165) is 11.1 Å². The Balaban J connectivity index is 1.77. The van der Waals surface area contributed by atoms with E-state index in [9.17, 15) is 4.79 Å². The standard InChI is InChI=1S/C20H21N3O4/c1-12-7-5-6-8-15(12)19(24)21-13(2)20-22-18(23-27-20)14-9-10-16(25-3)17(11-14)26-4/h5-11,13H,1-4H3,(H,21,24). The molecule has 0 aliphatic carbocycles. The number of ether oxygens (including phenoxy) is 2. The molecule has 1 amide bonds. The van der Waals surface area contributed by atoms with Crippen LogP contribution in [0.5, 0.6) is 11.5 Å². The van der Waals surface area contributed by atoms with Gasteiger partial charge in [-0.25, -0.2) is 0 Å². The average Bonchev–Trinajstić information content (AvgIpc) is 3.18. The molecular weight excluding hydrogens is 346 g/mol. The molecular formula is C20H21N3O4. The summed E-state index contributed by atoms with van der Waals surface area (Å²) in [7, 11) is 3.13. The number of nitrogens with zero attached hydrogens (tertiary/aromatic N) is 2. The van der Waals surface area contributed by atoms with E-state index in [1.807, 2.05) is 31.2 Å². The van der Waals surface area contributed by atoms with Gasteiger partial charge in [0.05, 0.1) is 14.2 Å². The summed E-state index contributed by atoms with van der Waals surface area (Å²) in [6.07, 6.45) is 0. The molecule has 0 bridgehead atoms. The third kappa shape index (κ3) is 3.92. The molecule has 0 fully saturated rings. The maximum absolute atomic E-state index is 12.4. The van der Waals surface area contributed by atoms with Crippen molar-refractivity contribution >= 4 is 5.91 Å². The molecule has 1 unspecified atom stereocenters. The van der Waals surface area contributed by atoms with E-state index >= 15 is 0 Å². The number of benzene rings is 2. The monoisotopic (exact) mass is 367 g/mol. The van der Waals surface area contributed by atoms with E-state index < -0.39 is 6.04 Å². The van der Waals surface area contributed by atoms with Gasteiger partial charge in [-0.3, -0.25) is 4.79 Å². The summed E-state index contributed by atoms with van der Waals surface area (Å²) in [5, 5.41) is 6.88. The fourth-order valence-corrected chi connectivity index (χ4v) is 2.67. The first-order chi connectivity index (χ1) is 13.0. The van der Waals surface area contributed by atoms with Gasteiger partial charge in [-0.15, -0.1) is 0 Å². The number of methoxy groups -OCH3 is 2. The molecule has 1 aromatic heterocycles. The van der Waals surface area contributed by atoms with Crippen LogP contribution < -0.4 is 14.8 Å². The molecule has 7 nitrogen and oxygen atoms in total. The fraction of sp³-hybridized carbons (Fsp3) is 0.250. The minimum atomic E-state index is -0.432. The van der Waals surface area contributed by atoms with Crippen molar-refractivity contribution in [3.8, 4) is 22.9 Å². The van der Waals surface area contributed by atoms with Crippen LogP contribution in [0.4, 0.5) is 0 Å². The largest absolute Gasteiger partial charge is 0.493 e. The van der Waals surface area contributed by atoms with Gasteiger partial charge in [-0.05, 0) is 43.7 Å². The number of nitrogens with one attached hydrogen (secondary N) is 1. The lowest BCUT2D eigenvalue weighted by Gasteiger charge is -2.11. The van der Waals surface area contributed by atoms with Gasteiger partial charge in [0.15, 0.2) is 11.5 Å². The van der Waals surface area contributed by atoms with Crippen molar-refractivity contribution in [1.29, 1.82) is 0 Å². The van der Waals surface area contributed by atoms with Crippen LogP contribution in [0.1, 0.15) is 34.8 Å². The van der Waals surface area contributed by atoms with E-state index in [-0.39, 0.29) is 5.91 Å². The Morgan fingerprint density at radius 3 is 2.56 bits per heavy atom. The van der Waals surface area contributed by atoms with Crippen LogP contribution >= 0.6 is 0 Å². The Morgan fingerprint density at radius 2 is 1.85 bits per heavy atom. The summed E-state index contributed by atoms with van der Waals surface area (Å²) in [5.74, 6) is 1.72. The molecule has 2 aromatic carbocycles. The lowest BCUT2D eigenvalue weighted by Crippen LogP contribution is -2.27.